The van der Waals surface area contributed by atoms with Crippen LogP contribution < -0.4 is 4.90 Å². The van der Waals surface area contributed by atoms with Crippen molar-refractivity contribution < 1.29 is 0 Å². The summed E-state index contributed by atoms with van der Waals surface area (Å²) >= 11 is 5.96. The second kappa shape index (κ2) is 5.40. The van der Waals surface area contributed by atoms with E-state index in [1.807, 2.05) is 19.2 Å². The van der Waals surface area contributed by atoms with Crippen molar-refractivity contribution in [2.75, 3.05) is 11.9 Å². The van der Waals surface area contributed by atoms with E-state index in [2.05, 4.69) is 41.9 Å². The molecule has 1 aromatic heterocycles. The van der Waals surface area contributed by atoms with Crippen molar-refractivity contribution >= 4 is 23.1 Å². The molecule has 0 bridgehead atoms. The van der Waals surface area contributed by atoms with Gasteiger partial charge in [-0.1, -0.05) is 23.8 Å². The third-order valence-corrected chi connectivity index (χ3v) is 3.33. The molecule has 0 radical (unpaired) electrons. The van der Waals surface area contributed by atoms with Crippen LogP contribution in [-0.4, -0.2) is 12.0 Å². The van der Waals surface area contributed by atoms with Crippen LogP contribution in [0.5, 0.6) is 0 Å². The Hall–Kier alpha value is -1.54. The Bertz CT molecular complexity index is 552. The number of aromatic nitrogens is 1. The van der Waals surface area contributed by atoms with E-state index in [0.717, 1.165) is 17.1 Å². The van der Waals surface area contributed by atoms with Gasteiger partial charge in [-0.2, -0.15) is 0 Å². The largest absolute Gasteiger partial charge is 0.329 e. The highest BCUT2D eigenvalue weighted by Crippen LogP contribution is 2.28. The lowest BCUT2D eigenvalue weighted by Gasteiger charge is -2.22. The maximum Gasteiger partial charge on any atom is 0.137 e. The van der Waals surface area contributed by atoms with Crippen LogP contribution >= 0.6 is 11.6 Å². The van der Waals surface area contributed by atoms with Crippen LogP contribution in [0, 0.1) is 13.8 Å². The van der Waals surface area contributed by atoms with E-state index < -0.39 is 0 Å². The molecule has 0 atom stereocenters. The highest BCUT2D eigenvalue weighted by Gasteiger charge is 2.11. The van der Waals surface area contributed by atoms with Crippen molar-refractivity contribution in [2.24, 2.45) is 0 Å². The van der Waals surface area contributed by atoms with Gasteiger partial charge in [0.05, 0.1) is 5.88 Å². The van der Waals surface area contributed by atoms with E-state index in [9.17, 15) is 0 Å². The van der Waals surface area contributed by atoms with Crippen molar-refractivity contribution in [3.05, 3.63) is 53.2 Å². The quantitative estimate of drug-likeness (QED) is 0.769. The van der Waals surface area contributed by atoms with Crippen molar-refractivity contribution in [1.82, 2.24) is 4.98 Å². The molecule has 0 saturated carbocycles. The Kier molecular flexibility index (Phi) is 3.87. The van der Waals surface area contributed by atoms with E-state index in [1.165, 1.54) is 11.1 Å². The minimum absolute atomic E-state index is 0.471. The second-order valence-electron chi connectivity index (χ2n) is 4.47. The monoisotopic (exact) mass is 260 g/mol. The number of rotatable bonds is 3. The maximum atomic E-state index is 5.96. The smallest absolute Gasteiger partial charge is 0.137 e. The number of aryl methyl sites for hydroxylation is 2. The number of alkyl halides is 1. The third-order valence-electron chi connectivity index (χ3n) is 3.04. The summed E-state index contributed by atoms with van der Waals surface area (Å²) in [5.74, 6) is 1.39. The predicted octanol–water partition coefficient (Wildman–Crippen LogP) is 4.21. The first-order chi connectivity index (χ1) is 8.63. The number of hydrogen-bond donors (Lipinski definition) is 0. The molecule has 3 heteroatoms. The number of anilines is 2. The molecule has 2 nitrogen and oxygen atoms in total. The average Bonchev–Trinajstić information content (AvgIpc) is 2.38. The molecule has 0 unspecified atom stereocenters. The summed E-state index contributed by atoms with van der Waals surface area (Å²) in [6.07, 6.45) is 1.80. The van der Waals surface area contributed by atoms with Crippen LogP contribution in [0.4, 0.5) is 11.5 Å². The Morgan fingerprint density at radius 2 is 2.00 bits per heavy atom. The summed E-state index contributed by atoms with van der Waals surface area (Å²) in [6.45, 7) is 4.21. The van der Waals surface area contributed by atoms with Gasteiger partial charge >= 0.3 is 0 Å². The second-order valence-corrected chi connectivity index (χ2v) is 4.74. The minimum Gasteiger partial charge on any atom is -0.329 e. The number of hydrogen-bond acceptors (Lipinski definition) is 2. The molecule has 2 rings (SSSR count). The lowest BCUT2D eigenvalue weighted by atomic mass is 10.1. The molecule has 0 aliphatic rings. The molecular weight excluding hydrogens is 244 g/mol. The molecule has 0 N–H and O–H groups in total. The van der Waals surface area contributed by atoms with Crippen molar-refractivity contribution in [3.8, 4) is 0 Å². The highest BCUT2D eigenvalue weighted by molar-refractivity contribution is 6.17. The Morgan fingerprint density at radius 1 is 1.22 bits per heavy atom. The fourth-order valence-electron chi connectivity index (χ4n) is 2.13. The molecule has 0 spiro atoms. The predicted molar refractivity (Wildman–Crippen MR) is 77.8 cm³/mol. The van der Waals surface area contributed by atoms with Crippen molar-refractivity contribution in [1.29, 1.82) is 0 Å². The number of halogens is 1. The van der Waals surface area contributed by atoms with Crippen LogP contribution in [0.1, 0.15) is 16.7 Å². The molecule has 1 heterocycles. The normalized spacial score (nSPS) is 10.4. The standard InChI is InChI=1S/C15H17ClN2/c1-11-6-7-14(12(2)9-11)18(3)15-13(10-16)5-4-8-17-15/h4-9H,10H2,1-3H3. The Labute approximate surface area is 113 Å². The minimum atomic E-state index is 0.471. The van der Waals surface area contributed by atoms with Gasteiger partial charge in [-0.15, -0.1) is 11.6 Å². The van der Waals surface area contributed by atoms with Crippen LogP contribution in [-0.2, 0) is 5.88 Å². The lowest BCUT2D eigenvalue weighted by molar-refractivity contribution is 1.08. The summed E-state index contributed by atoms with van der Waals surface area (Å²) in [4.78, 5) is 6.52. The van der Waals surface area contributed by atoms with Gasteiger partial charge in [0.25, 0.3) is 0 Å². The number of benzene rings is 1. The van der Waals surface area contributed by atoms with E-state index in [0.29, 0.717) is 5.88 Å². The van der Waals surface area contributed by atoms with Crippen LogP contribution in [0.2, 0.25) is 0 Å². The highest BCUT2D eigenvalue weighted by atomic mass is 35.5. The van der Waals surface area contributed by atoms with E-state index in [-0.39, 0.29) is 0 Å². The maximum absolute atomic E-state index is 5.96. The fraction of sp³-hybridized carbons (Fsp3) is 0.267. The van der Waals surface area contributed by atoms with Crippen molar-refractivity contribution in [2.45, 2.75) is 19.7 Å². The average molecular weight is 261 g/mol. The van der Waals surface area contributed by atoms with Gasteiger partial charge in [-0.25, -0.2) is 4.98 Å². The van der Waals surface area contributed by atoms with Gasteiger partial charge in [-0.05, 0) is 31.5 Å². The topological polar surface area (TPSA) is 16.1 Å². The summed E-state index contributed by atoms with van der Waals surface area (Å²) in [5.41, 5.74) is 4.71. The van der Waals surface area contributed by atoms with Gasteiger partial charge in [0, 0.05) is 24.5 Å². The number of nitrogens with zero attached hydrogens (tertiary/aromatic N) is 2. The number of pyridine rings is 1. The molecule has 94 valence electrons. The first-order valence-corrected chi connectivity index (χ1v) is 6.47. The van der Waals surface area contributed by atoms with Crippen LogP contribution in [0.3, 0.4) is 0 Å². The van der Waals surface area contributed by atoms with E-state index in [1.54, 1.807) is 6.20 Å². The first-order valence-electron chi connectivity index (χ1n) is 5.94. The summed E-state index contributed by atoms with van der Waals surface area (Å²) in [6, 6.07) is 10.3. The van der Waals surface area contributed by atoms with Gasteiger partial charge in [0.1, 0.15) is 5.82 Å². The molecule has 2 aromatic rings. The zero-order chi connectivity index (χ0) is 13.1. The van der Waals surface area contributed by atoms with Gasteiger partial charge in [0.15, 0.2) is 0 Å². The van der Waals surface area contributed by atoms with Gasteiger partial charge in [-0.3, -0.25) is 0 Å². The van der Waals surface area contributed by atoms with Crippen LogP contribution in [0.15, 0.2) is 36.5 Å². The fourth-order valence-corrected chi connectivity index (χ4v) is 2.34. The van der Waals surface area contributed by atoms with Crippen molar-refractivity contribution in [3.63, 3.8) is 0 Å². The molecule has 0 fully saturated rings. The van der Waals surface area contributed by atoms with E-state index >= 15 is 0 Å². The van der Waals surface area contributed by atoms with E-state index in [4.69, 9.17) is 11.6 Å². The zero-order valence-corrected chi connectivity index (χ0v) is 11.7. The SMILES string of the molecule is Cc1ccc(N(C)c2ncccc2CCl)c(C)c1. The molecular formula is C15H17ClN2. The Morgan fingerprint density at radius 3 is 2.67 bits per heavy atom. The van der Waals surface area contributed by atoms with Gasteiger partial charge < -0.3 is 4.90 Å². The Balaban J connectivity index is 2.44. The first kappa shape index (κ1) is 12.9. The summed E-state index contributed by atoms with van der Waals surface area (Å²) < 4.78 is 0. The van der Waals surface area contributed by atoms with Gasteiger partial charge in [0.2, 0.25) is 0 Å². The molecule has 0 aliphatic heterocycles. The molecule has 0 amide bonds. The van der Waals surface area contributed by atoms with Crippen LogP contribution in [0.25, 0.3) is 0 Å². The third kappa shape index (κ3) is 2.49. The summed E-state index contributed by atoms with van der Waals surface area (Å²) in [7, 11) is 2.02. The summed E-state index contributed by atoms with van der Waals surface area (Å²) in [5, 5.41) is 0. The molecule has 0 saturated heterocycles. The lowest BCUT2D eigenvalue weighted by Crippen LogP contribution is -2.14. The molecule has 1 aromatic carbocycles. The molecule has 18 heavy (non-hydrogen) atoms. The molecule has 0 aliphatic carbocycles. The zero-order valence-electron chi connectivity index (χ0n) is 10.9.